The number of nitrogens with one attached hydrogen (secondary N) is 2. The monoisotopic (exact) mass is 414 g/mol. The van der Waals surface area contributed by atoms with Crippen molar-refractivity contribution < 1.29 is 18.7 Å². The molecule has 3 unspecified atom stereocenters. The van der Waals surface area contributed by atoms with Crippen molar-refractivity contribution in [3.05, 3.63) is 54.2 Å². The number of rotatable bonds is 5. The molecule has 30 heavy (non-hydrogen) atoms. The van der Waals surface area contributed by atoms with Gasteiger partial charge in [-0.2, -0.15) is 5.10 Å². The largest absolute Gasteiger partial charge is 0.443 e. The summed E-state index contributed by atoms with van der Waals surface area (Å²) in [5.41, 5.74) is 2.39. The highest BCUT2D eigenvalue weighted by Gasteiger charge is 2.48. The standard InChI is InChI=1S/C20H23FN6O3/c1-20(14-6-3-2-4-7-14,15-12-22-19(29)30-15)18(28)25-26-10-11-27(16(21)13-26)17-8-5-9-23-24-17/h2-9,15-16H,10-13H2,1H3,(H,22,29)(H,25,28). The summed E-state index contributed by atoms with van der Waals surface area (Å²) in [7, 11) is 0. The van der Waals surface area contributed by atoms with Crippen molar-refractivity contribution in [3.8, 4) is 0 Å². The Morgan fingerprint density at radius 2 is 2.07 bits per heavy atom. The SMILES string of the molecule is CC(C(=O)NN1CCN(c2cccnn2)C(F)C1)(c1ccccc1)C1CNC(=O)O1. The predicted molar refractivity (Wildman–Crippen MR) is 106 cm³/mol. The van der Waals surface area contributed by atoms with Gasteiger partial charge in [0.1, 0.15) is 11.5 Å². The number of alkyl carbamates (subject to hydrolysis) is 1. The molecule has 9 nitrogen and oxygen atoms in total. The lowest BCUT2D eigenvalue weighted by Gasteiger charge is -2.40. The maximum absolute atomic E-state index is 14.8. The summed E-state index contributed by atoms with van der Waals surface area (Å²) in [4.78, 5) is 26.5. The number of piperazine rings is 1. The third-order valence-electron chi connectivity index (χ3n) is 5.60. The smallest absolute Gasteiger partial charge is 0.407 e. The number of hydrogen-bond donors (Lipinski definition) is 2. The first-order valence-electron chi connectivity index (χ1n) is 9.73. The third kappa shape index (κ3) is 3.78. The number of benzene rings is 1. The molecule has 2 aliphatic heterocycles. The Morgan fingerprint density at radius 3 is 2.70 bits per heavy atom. The second-order valence-corrected chi connectivity index (χ2v) is 7.44. The Morgan fingerprint density at radius 1 is 1.27 bits per heavy atom. The highest BCUT2D eigenvalue weighted by molar-refractivity contribution is 5.89. The van der Waals surface area contributed by atoms with Crippen LogP contribution in [-0.2, 0) is 14.9 Å². The summed E-state index contributed by atoms with van der Waals surface area (Å²) < 4.78 is 20.2. The molecule has 158 valence electrons. The fourth-order valence-corrected chi connectivity index (χ4v) is 3.76. The molecule has 1 aromatic heterocycles. The van der Waals surface area contributed by atoms with Gasteiger partial charge in [0.25, 0.3) is 0 Å². The summed E-state index contributed by atoms with van der Waals surface area (Å²) in [5.74, 6) is 0.0874. The van der Waals surface area contributed by atoms with Crippen LogP contribution in [0.2, 0.25) is 0 Å². The third-order valence-corrected chi connectivity index (χ3v) is 5.60. The first-order valence-corrected chi connectivity index (χ1v) is 9.73. The average molecular weight is 414 g/mol. The molecule has 2 fully saturated rings. The van der Waals surface area contributed by atoms with Crippen LogP contribution < -0.4 is 15.6 Å². The first kappa shape index (κ1) is 20.0. The van der Waals surface area contributed by atoms with Gasteiger partial charge < -0.3 is 15.0 Å². The van der Waals surface area contributed by atoms with Crippen LogP contribution in [0.4, 0.5) is 15.0 Å². The lowest BCUT2D eigenvalue weighted by molar-refractivity contribution is -0.135. The molecular formula is C20H23FN6O3. The van der Waals surface area contributed by atoms with Crippen LogP contribution in [0.25, 0.3) is 0 Å². The molecule has 4 rings (SSSR count). The minimum Gasteiger partial charge on any atom is -0.443 e. The van der Waals surface area contributed by atoms with Crippen LogP contribution in [0.3, 0.4) is 0 Å². The van der Waals surface area contributed by atoms with Gasteiger partial charge in [-0.05, 0) is 24.6 Å². The fraction of sp³-hybridized carbons (Fsp3) is 0.400. The second-order valence-electron chi connectivity index (χ2n) is 7.44. The van der Waals surface area contributed by atoms with E-state index < -0.39 is 23.9 Å². The highest BCUT2D eigenvalue weighted by Crippen LogP contribution is 2.32. The number of anilines is 1. The zero-order valence-electron chi connectivity index (χ0n) is 16.5. The molecule has 2 aliphatic rings. The van der Waals surface area contributed by atoms with Crippen molar-refractivity contribution in [1.82, 2.24) is 25.9 Å². The van der Waals surface area contributed by atoms with Crippen molar-refractivity contribution in [2.75, 3.05) is 31.1 Å². The Kier molecular flexibility index (Phi) is 5.49. The number of hydrogen-bond acceptors (Lipinski definition) is 7. The van der Waals surface area contributed by atoms with Crippen LogP contribution in [0.5, 0.6) is 0 Å². The maximum atomic E-state index is 14.8. The molecule has 0 aliphatic carbocycles. The van der Waals surface area contributed by atoms with E-state index in [1.165, 1.54) is 11.1 Å². The number of ether oxygens (including phenoxy) is 1. The Balaban J connectivity index is 1.49. The molecule has 2 aromatic rings. The Labute approximate surface area is 173 Å². The van der Waals surface area contributed by atoms with Crippen molar-refractivity contribution in [2.24, 2.45) is 0 Å². The van der Waals surface area contributed by atoms with E-state index in [1.807, 2.05) is 30.3 Å². The van der Waals surface area contributed by atoms with Gasteiger partial charge in [0, 0.05) is 19.3 Å². The van der Waals surface area contributed by atoms with Gasteiger partial charge in [-0.25, -0.2) is 14.2 Å². The lowest BCUT2D eigenvalue weighted by atomic mass is 9.76. The molecule has 0 spiro atoms. The second kappa shape index (κ2) is 8.23. The van der Waals surface area contributed by atoms with Crippen LogP contribution >= 0.6 is 0 Å². The van der Waals surface area contributed by atoms with Crippen molar-refractivity contribution in [2.45, 2.75) is 24.7 Å². The number of amides is 2. The van der Waals surface area contributed by atoms with Gasteiger partial charge in [0.2, 0.25) is 5.91 Å². The molecule has 2 N–H and O–H groups in total. The molecule has 2 saturated heterocycles. The topological polar surface area (TPSA) is 99.7 Å². The number of halogens is 1. The fourth-order valence-electron chi connectivity index (χ4n) is 3.76. The van der Waals surface area contributed by atoms with E-state index in [0.717, 1.165) is 0 Å². The summed E-state index contributed by atoms with van der Waals surface area (Å²) in [6.07, 6.45) is -1.07. The van der Waals surface area contributed by atoms with Crippen molar-refractivity contribution in [3.63, 3.8) is 0 Å². The molecular weight excluding hydrogens is 391 g/mol. The molecule has 3 heterocycles. The summed E-state index contributed by atoms with van der Waals surface area (Å²) >= 11 is 0. The van der Waals surface area contributed by atoms with Gasteiger partial charge in [-0.1, -0.05) is 30.3 Å². The summed E-state index contributed by atoms with van der Waals surface area (Å²) in [5, 5.41) is 11.9. The molecule has 1 aromatic carbocycles. The molecule has 0 bridgehead atoms. The molecule has 10 heteroatoms. The number of aromatic nitrogens is 2. The number of hydrazine groups is 1. The lowest BCUT2D eigenvalue weighted by Crippen LogP contribution is -2.61. The zero-order valence-corrected chi connectivity index (χ0v) is 16.5. The minimum absolute atomic E-state index is 0.0319. The molecule has 3 atom stereocenters. The summed E-state index contributed by atoms with van der Waals surface area (Å²) in [6, 6.07) is 12.5. The van der Waals surface area contributed by atoms with E-state index in [2.05, 4.69) is 20.9 Å². The van der Waals surface area contributed by atoms with E-state index in [1.54, 1.807) is 24.1 Å². The van der Waals surface area contributed by atoms with Gasteiger partial charge in [-0.3, -0.25) is 10.2 Å². The van der Waals surface area contributed by atoms with Crippen LogP contribution in [-0.4, -0.2) is 65.8 Å². The highest BCUT2D eigenvalue weighted by atomic mass is 19.1. The number of carbonyl (C=O) groups excluding carboxylic acids is 2. The zero-order chi connectivity index (χ0) is 21.1. The van der Waals surface area contributed by atoms with E-state index in [4.69, 9.17) is 4.74 Å². The van der Waals surface area contributed by atoms with Gasteiger partial charge in [0.15, 0.2) is 12.1 Å². The number of alkyl halides is 1. The summed E-state index contributed by atoms with van der Waals surface area (Å²) in [6.45, 7) is 2.64. The predicted octanol–water partition coefficient (Wildman–Crippen LogP) is 0.992. The Hall–Kier alpha value is -3.27. The van der Waals surface area contributed by atoms with E-state index in [9.17, 15) is 14.0 Å². The van der Waals surface area contributed by atoms with Crippen LogP contribution in [0, 0.1) is 0 Å². The van der Waals surface area contributed by atoms with Crippen molar-refractivity contribution >= 4 is 17.8 Å². The van der Waals surface area contributed by atoms with Crippen LogP contribution in [0.15, 0.2) is 48.7 Å². The number of nitrogens with zero attached hydrogens (tertiary/aromatic N) is 4. The minimum atomic E-state index is -1.36. The average Bonchev–Trinajstić information content (AvgIpc) is 3.21. The van der Waals surface area contributed by atoms with E-state index >= 15 is 0 Å². The van der Waals surface area contributed by atoms with Crippen LogP contribution in [0.1, 0.15) is 12.5 Å². The van der Waals surface area contributed by atoms with Gasteiger partial charge >= 0.3 is 6.09 Å². The number of cyclic esters (lactones) is 1. The molecule has 2 amide bonds. The van der Waals surface area contributed by atoms with E-state index in [-0.39, 0.29) is 19.0 Å². The normalized spacial score (nSPS) is 23.9. The first-order chi connectivity index (χ1) is 14.5. The number of carbonyl (C=O) groups is 2. The molecule has 0 radical (unpaired) electrons. The Bertz CT molecular complexity index is 902. The molecule has 0 saturated carbocycles. The van der Waals surface area contributed by atoms with Gasteiger partial charge in [0.05, 0.1) is 13.1 Å². The maximum Gasteiger partial charge on any atom is 0.407 e. The van der Waals surface area contributed by atoms with Crippen molar-refractivity contribution in [1.29, 1.82) is 0 Å². The van der Waals surface area contributed by atoms with Gasteiger partial charge in [-0.15, -0.1) is 5.10 Å². The quantitative estimate of drug-likeness (QED) is 0.704. The van der Waals surface area contributed by atoms with E-state index in [0.29, 0.717) is 24.5 Å².